The molecular formula is C22H30N2O. The minimum absolute atomic E-state index is 0.242. The predicted octanol–water partition coefficient (Wildman–Crippen LogP) is 4.71. The van der Waals surface area contributed by atoms with Crippen LogP contribution in [0.5, 0.6) is 0 Å². The van der Waals surface area contributed by atoms with Crippen molar-refractivity contribution in [3.8, 4) is 5.69 Å². The first-order chi connectivity index (χ1) is 11.8. The fraction of sp³-hybridized carbons (Fsp3) is 0.500. The van der Waals surface area contributed by atoms with Crippen LogP contribution >= 0.6 is 0 Å². The van der Waals surface area contributed by atoms with Gasteiger partial charge in [-0.15, -0.1) is 0 Å². The van der Waals surface area contributed by atoms with E-state index in [2.05, 4.69) is 68.4 Å². The highest BCUT2D eigenvalue weighted by Gasteiger charge is 2.27. The van der Waals surface area contributed by atoms with Gasteiger partial charge in [0.1, 0.15) is 0 Å². The first-order valence-corrected chi connectivity index (χ1v) is 9.28. The summed E-state index contributed by atoms with van der Waals surface area (Å²) in [5, 5.41) is 0. The third kappa shape index (κ3) is 3.87. The summed E-state index contributed by atoms with van der Waals surface area (Å²) in [7, 11) is 0. The Hall–Kier alpha value is -1.87. The van der Waals surface area contributed by atoms with Gasteiger partial charge < -0.3 is 4.57 Å². The van der Waals surface area contributed by atoms with E-state index in [4.69, 9.17) is 0 Å². The number of carbonyl (C=O) groups excluding carboxylic acids is 1. The highest BCUT2D eigenvalue weighted by Crippen LogP contribution is 2.30. The summed E-state index contributed by atoms with van der Waals surface area (Å²) >= 11 is 0. The summed E-state index contributed by atoms with van der Waals surface area (Å²) in [4.78, 5) is 15.2. The number of hydrogen-bond donors (Lipinski definition) is 0. The number of aromatic nitrogens is 1. The molecule has 25 heavy (non-hydrogen) atoms. The number of aryl methyl sites for hydroxylation is 2. The van der Waals surface area contributed by atoms with Crippen molar-refractivity contribution in [1.29, 1.82) is 0 Å². The average Bonchev–Trinajstić information content (AvgIpc) is 2.85. The van der Waals surface area contributed by atoms with Crippen molar-refractivity contribution in [2.45, 2.75) is 47.5 Å². The summed E-state index contributed by atoms with van der Waals surface area (Å²) in [6, 6.07) is 10.5. The van der Waals surface area contributed by atoms with Gasteiger partial charge in [-0.3, -0.25) is 9.69 Å². The molecule has 1 aliphatic heterocycles. The number of ketones is 1. The van der Waals surface area contributed by atoms with Crippen LogP contribution in [0.3, 0.4) is 0 Å². The summed E-state index contributed by atoms with van der Waals surface area (Å²) in [6.45, 7) is 13.4. The summed E-state index contributed by atoms with van der Waals surface area (Å²) in [6.07, 6.45) is 2.34. The minimum Gasteiger partial charge on any atom is -0.318 e. The maximum absolute atomic E-state index is 12.9. The Morgan fingerprint density at radius 2 is 1.64 bits per heavy atom. The molecule has 134 valence electrons. The number of hydrogen-bond acceptors (Lipinski definition) is 2. The fourth-order valence-electron chi connectivity index (χ4n) is 3.74. The Morgan fingerprint density at radius 3 is 2.24 bits per heavy atom. The van der Waals surface area contributed by atoms with E-state index in [0.717, 1.165) is 35.7 Å². The molecule has 1 saturated heterocycles. The highest BCUT2D eigenvalue weighted by molar-refractivity contribution is 5.99. The van der Waals surface area contributed by atoms with E-state index in [9.17, 15) is 4.79 Å². The second-order valence-electron chi connectivity index (χ2n) is 8.32. The lowest BCUT2D eigenvalue weighted by molar-refractivity contribution is 0.0845. The molecule has 0 amide bonds. The maximum Gasteiger partial charge on any atom is 0.178 e. The molecule has 1 fully saturated rings. The van der Waals surface area contributed by atoms with Gasteiger partial charge in [-0.2, -0.15) is 0 Å². The van der Waals surface area contributed by atoms with E-state index in [1.54, 1.807) is 0 Å². The Kier molecular flexibility index (Phi) is 4.88. The molecule has 0 saturated carbocycles. The van der Waals surface area contributed by atoms with E-state index < -0.39 is 0 Å². The molecule has 0 atom stereocenters. The smallest absolute Gasteiger partial charge is 0.178 e. The van der Waals surface area contributed by atoms with E-state index >= 15 is 0 Å². The van der Waals surface area contributed by atoms with Crippen LogP contribution in [0.1, 0.15) is 54.0 Å². The van der Waals surface area contributed by atoms with Crippen LogP contribution in [0.15, 0.2) is 30.3 Å². The number of nitrogens with zero attached hydrogens (tertiary/aromatic N) is 2. The van der Waals surface area contributed by atoms with Crippen molar-refractivity contribution in [1.82, 2.24) is 9.47 Å². The molecule has 3 heteroatoms. The number of benzene rings is 1. The Labute approximate surface area is 151 Å². The number of rotatable bonds is 4. The van der Waals surface area contributed by atoms with Gasteiger partial charge >= 0.3 is 0 Å². The summed E-state index contributed by atoms with van der Waals surface area (Å²) < 4.78 is 2.19. The Bertz CT molecular complexity index is 758. The Balaban J connectivity index is 1.78. The normalized spacial score (nSPS) is 17.6. The van der Waals surface area contributed by atoms with E-state index in [-0.39, 0.29) is 5.78 Å². The van der Waals surface area contributed by atoms with Crippen molar-refractivity contribution >= 4 is 5.78 Å². The van der Waals surface area contributed by atoms with Crippen molar-refractivity contribution in [3.05, 3.63) is 52.8 Å². The quantitative estimate of drug-likeness (QED) is 0.755. The molecule has 0 spiro atoms. The average molecular weight is 338 g/mol. The van der Waals surface area contributed by atoms with Crippen LogP contribution in [0.25, 0.3) is 5.69 Å². The second-order valence-corrected chi connectivity index (χ2v) is 8.32. The molecule has 0 aliphatic carbocycles. The second kappa shape index (κ2) is 6.80. The van der Waals surface area contributed by atoms with Crippen LogP contribution in [0.2, 0.25) is 0 Å². The SMILES string of the molecule is Cc1ccc(-n2c(C)cc(C(=O)CN3CCC(C)(C)CC3)c2C)cc1. The molecule has 2 aromatic rings. The molecule has 0 bridgehead atoms. The molecule has 0 radical (unpaired) electrons. The van der Waals surface area contributed by atoms with Gasteiger partial charge in [0.05, 0.1) is 6.54 Å². The molecule has 2 heterocycles. The van der Waals surface area contributed by atoms with Crippen molar-refractivity contribution < 1.29 is 4.79 Å². The van der Waals surface area contributed by atoms with Crippen molar-refractivity contribution in [2.24, 2.45) is 5.41 Å². The third-order valence-electron chi connectivity index (χ3n) is 5.60. The van der Waals surface area contributed by atoms with Crippen LogP contribution < -0.4 is 0 Å². The van der Waals surface area contributed by atoms with Crippen LogP contribution in [0, 0.1) is 26.2 Å². The summed E-state index contributed by atoms with van der Waals surface area (Å²) in [5.41, 5.74) is 5.81. The molecule has 1 aliphatic rings. The van der Waals surface area contributed by atoms with Gasteiger partial charge in [-0.25, -0.2) is 0 Å². The standard InChI is InChI=1S/C22H30N2O/c1-16-6-8-19(9-7-16)24-17(2)14-20(18(24)3)21(25)15-23-12-10-22(4,5)11-13-23/h6-9,14H,10-13,15H2,1-5H3. The number of Topliss-reactive ketones (excluding diaryl/α,β-unsaturated/α-hetero) is 1. The van der Waals surface area contributed by atoms with Crippen molar-refractivity contribution in [2.75, 3.05) is 19.6 Å². The van der Waals surface area contributed by atoms with E-state index in [1.807, 2.05) is 6.07 Å². The lowest BCUT2D eigenvalue weighted by atomic mass is 9.82. The lowest BCUT2D eigenvalue weighted by Crippen LogP contribution is -2.40. The third-order valence-corrected chi connectivity index (χ3v) is 5.60. The van der Waals surface area contributed by atoms with Gasteiger partial charge in [-0.1, -0.05) is 31.5 Å². The lowest BCUT2D eigenvalue weighted by Gasteiger charge is -2.36. The first kappa shape index (κ1) is 17.9. The Morgan fingerprint density at radius 1 is 1.04 bits per heavy atom. The van der Waals surface area contributed by atoms with Crippen LogP contribution in [0.4, 0.5) is 0 Å². The monoisotopic (exact) mass is 338 g/mol. The predicted molar refractivity (Wildman–Crippen MR) is 104 cm³/mol. The molecule has 1 aromatic heterocycles. The zero-order valence-electron chi connectivity index (χ0n) is 16.2. The first-order valence-electron chi connectivity index (χ1n) is 9.28. The molecule has 1 aromatic carbocycles. The molecule has 0 N–H and O–H groups in total. The molecular weight excluding hydrogens is 308 g/mol. The topological polar surface area (TPSA) is 25.2 Å². The fourth-order valence-corrected chi connectivity index (χ4v) is 3.74. The van der Waals surface area contributed by atoms with E-state index in [1.165, 1.54) is 18.4 Å². The van der Waals surface area contributed by atoms with Gasteiger partial charge in [-0.05, 0) is 70.3 Å². The van der Waals surface area contributed by atoms with Gasteiger partial charge in [0, 0.05) is 22.6 Å². The number of likely N-dealkylation sites (tertiary alicyclic amines) is 1. The minimum atomic E-state index is 0.242. The number of carbonyl (C=O) groups is 1. The zero-order valence-corrected chi connectivity index (χ0v) is 16.2. The van der Waals surface area contributed by atoms with Gasteiger partial charge in [0.15, 0.2) is 5.78 Å². The summed E-state index contributed by atoms with van der Waals surface area (Å²) in [5.74, 6) is 0.242. The van der Waals surface area contributed by atoms with Crippen LogP contribution in [-0.4, -0.2) is 34.9 Å². The zero-order chi connectivity index (χ0) is 18.2. The molecule has 3 rings (SSSR count). The molecule has 3 nitrogen and oxygen atoms in total. The highest BCUT2D eigenvalue weighted by atomic mass is 16.1. The van der Waals surface area contributed by atoms with Gasteiger partial charge in [0.25, 0.3) is 0 Å². The largest absolute Gasteiger partial charge is 0.318 e. The maximum atomic E-state index is 12.9. The molecule has 0 unspecified atom stereocenters. The van der Waals surface area contributed by atoms with Crippen molar-refractivity contribution in [3.63, 3.8) is 0 Å². The van der Waals surface area contributed by atoms with Gasteiger partial charge in [0.2, 0.25) is 0 Å². The van der Waals surface area contributed by atoms with E-state index in [0.29, 0.717) is 12.0 Å². The van der Waals surface area contributed by atoms with Crippen LogP contribution in [-0.2, 0) is 0 Å². The number of piperidine rings is 1.